The van der Waals surface area contributed by atoms with E-state index in [0.29, 0.717) is 53.5 Å². The molecular weight excluding hydrogens is 574 g/mol. The molecule has 0 aliphatic carbocycles. The van der Waals surface area contributed by atoms with Gasteiger partial charge in [0.25, 0.3) is 0 Å². The predicted molar refractivity (Wildman–Crippen MR) is 160 cm³/mol. The monoisotopic (exact) mass is 605 g/mol. The Bertz CT molecular complexity index is 1610. The van der Waals surface area contributed by atoms with Gasteiger partial charge in [-0.3, -0.25) is 4.79 Å². The van der Waals surface area contributed by atoms with Gasteiger partial charge in [0, 0.05) is 36.4 Å². The van der Waals surface area contributed by atoms with E-state index in [-0.39, 0.29) is 18.6 Å². The van der Waals surface area contributed by atoms with E-state index in [0.717, 1.165) is 17.5 Å². The summed E-state index contributed by atoms with van der Waals surface area (Å²) < 4.78 is 16.8. The Morgan fingerprint density at radius 3 is 2.14 bits per heavy atom. The highest BCUT2D eigenvalue weighted by Gasteiger charge is 2.10. The van der Waals surface area contributed by atoms with Crippen LogP contribution in [0.2, 0.25) is 0 Å². The van der Waals surface area contributed by atoms with Crippen molar-refractivity contribution >= 4 is 28.9 Å². The van der Waals surface area contributed by atoms with E-state index in [4.69, 9.17) is 29.2 Å². The molecule has 1 heterocycles. The quantitative estimate of drug-likeness (QED) is 0.104. The summed E-state index contributed by atoms with van der Waals surface area (Å²) in [5.41, 5.74) is 2.16. The summed E-state index contributed by atoms with van der Waals surface area (Å²) in [6, 6.07) is 23.1. The number of fused-ring (bicyclic) bond motifs is 1. The lowest BCUT2D eigenvalue weighted by Gasteiger charge is -2.14. The molecule has 0 saturated carbocycles. The molecule has 0 spiro atoms. The van der Waals surface area contributed by atoms with Gasteiger partial charge in [-0.25, -0.2) is 14.4 Å². The second kappa shape index (κ2) is 16.9. The van der Waals surface area contributed by atoms with Crippen LogP contribution in [0, 0.1) is 0 Å². The minimum Gasteiger partial charge on any atom is -0.491 e. The number of carboxylic acid groups (broad SMARTS) is 3. The fourth-order valence-electron chi connectivity index (χ4n) is 3.76. The Morgan fingerprint density at radius 2 is 1.50 bits per heavy atom. The Hall–Kier alpha value is -5.46. The largest absolute Gasteiger partial charge is 0.491 e. The summed E-state index contributed by atoms with van der Waals surface area (Å²) in [6.07, 6.45) is 1.13. The number of rotatable bonds is 14. The maximum absolute atomic E-state index is 12.5. The van der Waals surface area contributed by atoms with E-state index in [1.807, 2.05) is 42.5 Å². The molecule has 4 aromatic rings. The third-order valence-electron chi connectivity index (χ3n) is 5.83. The Kier molecular flexibility index (Phi) is 12.7. The van der Waals surface area contributed by atoms with Crippen molar-refractivity contribution in [3.63, 3.8) is 0 Å². The molecule has 1 aromatic heterocycles. The number of carboxylic acids is 3. The Morgan fingerprint density at radius 1 is 0.841 bits per heavy atom. The van der Waals surface area contributed by atoms with E-state index >= 15 is 0 Å². The highest BCUT2D eigenvalue weighted by atomic mass is 16.5. The number of nitrogens with one attached hydrogen (secondary N) is 1. The van der Waals surface area contributed by atoms with Crippen molar-refractivity contribution in [2.45, 2.75) is 12.5 Å². The fraction of sp³-hybridized carbons (Fsp3) is 0.188. The zero-order valence-electron chi connectivity index (χ0n) is 23.4. The highest BCUT2D eigenvalue weighted by Crippen LogP contribution is 2.25. The highest BCUT2D eigenvalue weighted by molar-refractivity contribution is 5.89. The second-order valence-corrected chi connectivity index (χ2v) is 9.25. The average Bonchev–Trinajstić information content (AvgIpc) is 3.01. The van der Waals surface area contributed by atoms with Gasteiger partial charge in [0.15, 0.2) is 12.0 Å². The van der Waals surface area contributed by atoms with E-state index < -0.39 is 24.0 Å². The smallest absolute Gasteiger partial charge is 0.341 e. The summed E-state index contributed by atoms with van der Waals surface area (Å²) in [5.74, 6) is -2.04. The van der Waals surface area contributed by atoms with Crippen LogP contribution in [0.3, 0.4) is 0 Å². The first-order valence-corrected chi connectivity index (χ1v) is 13.3. The second-order valence-electron chi connectivity index (χ2n) is 9.25. The summed E-state index contributed by atoms with van der Waals surface area (Å²) in [4.78, 5) is 42.1. The van der Waals surface area contributed by atoms with E-state index in [1.165, 1.54) is 6.07 Å². The van der Waals surface area contributed by atoms with Crippen molar-refractivity contribution in [3.8, 4) is 22.8 Å². The molecule has 5 N–H and O–H groups in total. The first-order valence-electron chi connectivity index (χ1n) is 13.3. The summed E-state index contributed by atoms with van der Waals surface area (Å²) >= 11 is 0. The molecule has 0 saturated heterocycles. The third kappa shape index (κ3) is 11.4. The molecule has 0 aliphatic rings. The van der Waals surface area contributed by atoms with E-state index in [1.54, 1.807) is 30.3 Å². The number of aliphatic carboxylic acids is 3. The molecule has 3 aromatic carbocycles. The van der Waals surface area contributed by atoms with Gasteiger partial charge < -0.3 is 39.6 Å². The van der Waals surface area contributed by atoms with Crippen molar-refractivity contribution in [2.75, 3.05) is 26.3 Å². The molecule has 12 nitrogen and oxygen atoms in total. The van der Waals surface area contributed by atoms with Crippen LogP contribution in [0.4, 0.5) is 0 Å². The maximum atomic E-state index is 12.5. The zero-order chi connectivity index (χ0) is 31.9. The lowest BCUT2D eigenvalue weighted by Crippen LogP contribution is -2.32. The van der Waals surface area contributed by atoms with Gasteiger partial charge in [-0.2, -0.15) is 0 Å². The van der Waals surface area contributed by atoms with Crippen molar-refractivity contribution in [3.05, 3.63) is 107 Å². The molecule has 0 fully saturated rings. The van der Waals surface area contributed by atoms with E-state index in [9.17, 15) is 24.3 Å². The lowest BCUT2D eigenvalue weighted by molar-refractivity contribution is -0.139. The Labute approximate surface area is 251 Å². The predicted octanol–water partition coefficient (Wildman–Crippen LogP) is 3.21. The van der Waals surface area contributed by atoms with Gasteiger partial charge in [0.2, 0.25) is 0 Å². The molecule has 230 valence electrons. The van der Waals surface area contributed by atoms with Crippen LogP contribution < -0.4 is 20.2 Å². The average molecular weight is 606 g/mol. The number of carbonyl (C=O) groups is 3. The van der Waals surface area contributed by atoms with Crippen LogP contribution >= 0.6 is 0 Å². The van der Waals surface area contributed by atoms with Crippen LogP contribution in [0.5, 0.6) is 11.5 Å². The number of benzene rings is 3. The van der Waals surface area contributed by atoms with Gasteiger partial charge in [-0.1, -0.05) is 42.5 Å². The van der Waals surface area contributed by atoms with Crippen molar-refractivity contribution in [2.24, 2.45) is 0 Å². The van der Waals surface area contributed by atoms with Crippen LogP contribution in [0.25, 0.3) is 22.3 Å². The first-order chi connectivity index (χ1) is 21.1. The molecule has 0 bridgehead atoms. The lowest BCUT2D eigenvalue weighted by atomic mass is 10.1. The molecule has 4 rings (SSSR count). The number of aliphatic hydroxyl groups excluding tert-OH is 1. The van der Waals surface area contributed by atoms with Crippen molar-refractivity contribution in [1.82, 2.24) is 5.32 Å². The molecule has 1 atom stereocenters. The summed E-state index contributed by atoms with van der Waals surface area (Å²) in [6.45, 7) is 0.705. The van der Waals surface area contributed by atoms with Gasteiger partial charge in [0.05, 0.1) is 5.39 Å². The number of aliphatic hydroxyl groups is 1. The minimum atomic E-state index is -1.26. The van der Waals surface area contributed by atoms with Crippen molar-refractivity contribution in [1.29, 1.82) is 0 Å². The van der Waals surface area contributed by atoms with E-state index in [2.05, 4.69) is 5.32 Å². The first kappa shape index (κ1) is 33.0. The molecule has 1 unspecified atom stereocenters. The maximum Gasteiger partial charge on any atom is 0.341 e. The number of hydrogen-bond acceptors (Lipinski definition) is 9. The summed E-state index contributed by atoms with van der Waals surface area (Å²) in [5, 5.41) is 38.2. The zero-order valence-corrected chi connectivity index (χ0v) is 23.4. The summed E-state index contributed by atoms with van der Waals surface area (Å²) in [7, 11) is 0. The van der Waals surface area contributed by atoms with Crippen LogP contribution in [-0.4, -0.2) is 70.7 Å². The molecular formula is C32H31NO11. The molecule has 0 amide bonds. The Balaban J connectivity index is 0.000000583. The third-order valence-corrected chi connectivity index (χ3v) is 5.83. The number of ether oxygens (including phenoxy) is 2. The molecule has 0 radical (unpaired) electrons. The fourth-order valence-corrected chi connectivity index (χ4v) is 3.76. The van der Waals surface area contributed by atoms with Gasteiger partial charge in [0.1, 0.15) is 35.6 Å². The minimum absolute atomic E-state index is 0.0801. The number of hydrogen-bond donors (Lipinski definition) is 5. The SMILES string of the molecule is O=C(O)/C=C\C(=O)O.O=C(O)COc1ccc(CCNCC(O)COc2ccc3c(=O)cc(-c4ccccc4)oc3c2)cc1. The van der Waals surface area contributed by atoms with Gasteiger partial charge in [-0.15, -0.1) is 0 Å². The van der Waals surface area contributed by atoms with Gasteiger partial charge >= 0.3 is 17.9 Å². The topological polar surface area (TPSA) is 193 Å². The molecule has 0 aliphatic heterocycles. The van der Waals surface area contributed by atoms with Crippen LogP contribution in [0.1, 0.15) is 5.56 Å². The van der Waals surface area contributed by atoms with Gasteiger partial charge in [-0.05, 0) is 42.8 Å². The molecule has 44 heavy (non-hydrogen) atoms. The van der Waals surface area contributed by atoms with Crippen LogP contribution in [-0.2, 0) is 20.8 Å². The normalized spacial score (nSPS) is 11.4. The molecule has 12 heteroatoms. The standard InChI is InChI=1S/C28H27NO7.C4H4O4/c30-21(16-29-13-12-19-6-8-22(9-7-19)35-18-28(32)33)17-34-23-10-11-24-25(31)15-26(36-27(24)14-23)20-4-2-1-3-5-20;5-3(6)1-2-4(7)8/h1-11,14-15,21,29-30H,12-13,16-18H2,(H,32,33);1-2H,(H,5,6)(H,7,8)/b;2-1-. The van der Waals surface area contributed by atoms with Crippen molar-refractivity contribution < 1.29 is 48.7 Å². The van der Waals surface area contributed by atoms with Crippen LogP contribution in [0.15, 0.2) is 100 Å².